The standard InChI is InChI=1S/C19H18N4/c1-21-14-12-20-19(21)23-13-11-15-7-3-4-8-16(15)22(2)17-9-5-6-10-18(17)23/h3-14H,1-2H3. The van der Waals surface area contributed by atoms with Crippen LogP contribution in [0.1, 0.15) is 0 Å². The third-order valence-corrected chi connectivity index (χ3v) is 4.22. The van der Waals surface area contributed by atoms with E-state index in [-0.39, 0.29) is 0 Å². The fraction of sp³-hybridized carbons (Fsp3) is 0.105. The summed E-state index contributed by atoms with van der Waals surface area (Å²) in [5, 5.41) is 1.18. The zero-order valence-electron chi connectivity index (χ0n) is 13.2. The van der Waals surface area contributed by atoms with E-state index in [9.17, 15) is 0 Å². The average Bonchev–Trinajstić information content (AvgIpc) is 3.00. The first-order chi connectivity index (χ1) is 11.3. The van der Waals surface area contributed by atoms with E-state index in [4.69, 9.17) is 0 Å². The van der Waals surface area contributed by atoms with Crippen LogP contribution in [-0.2, 0) is 14.1 Å². The molecule has 0 aliphatic heterocycles. The molecule has 0 aliphatic rings. The second-order valence-corrected chi connectivity index (χ2v) is 5.63. The molecule has 0 N–H and O–H groups in total. The zero-order chi connectivity index (χ0) is 15.8. The molecule has 0 radical (unpaired) electrons. The first-order valence-electron chi connectivity index (χ1n) is 7.62. The van der Waals surface area contributed by atoms with E-state index in [1.54, 1.807) is 0 Å². The maximum absolute atomic E-state index is 4.51. The summed E-state index contributed by atoms with van der Waals surface area (Å²) in [5.74, 6) is 0.890. The predicted molar refractivity (Wildman–Crippen MR) is 94.1 cm³/mol. The van der Waals surface area contributed by atoms with Gasteiger partial charge in [0.15, 0.2) is 0 Å². The van der Waals surface area contributed by atoms with Crippen molar-refractivity contribution in [3.63, 3.8) is 0 Å². The number of para-hydroxylation sites is 3. The third-order valence-electron chi connectivity index (χ3n) is 4.22. The largest absolute Gasteiger partial charge is 0.342 e. The lowest BCUT2D eigenvalue weighted by atomic mass is 10.2. The van der Waals surface area contributed by atoms with E-state index < -0.39 is 0 Å². The van der Waals surface area contributed by atoms with Crippen molar-refractivity contribution in [2.45, 2.75) is 0 Å². The van der Waals surface area contributed by atoms with Crippen molar-refractivity contribution >= 4 is 21.9 Å². The van der Waals surface area contributed by atoms with E-state index in [2.05, 4.69) is 82.0 Å². The number of hydrogen-bond donors (Lipinski definition) is 0. The highest BCUT2D eigenvalue weighted by Gasteiger charge is 2.06. The molecule has 0 aliphatic carbocycles. The molecule has 0 fully saturated rings. The van der Waals surface area contributed by atoms with Gasteiger partial charge in [-0.1, -0.05) is 30.3 Å². The monoisotopic (exact) mass is 302 g/mol. The van der Waals surface area contributed by atoms with Crippen LogP contribution in [0.15, 0.2) is 73.2 Å². The normalized spacial score (nSPS) is 11.0. The molecule has 4 rings (SSSR count). The van der Waals surface area contributed by atoms with Gasteiger partial charge in [-0.25, -0.2) is 4.98 Å². The Morgan fingerprint density at radius 1 is 0.739 bits per heavy atom. The quantitative estimate of drug-likeness (QED) is 0.522. The lowest BCUT2D eigenvalue weighted by Crippen LogP contribution is -2.05. The minimum absolute atomic E-state index is 0.890. The molecule has 0 saturated heterocycles. The number of nitrogens with zero attached hydrogens (tertiary/aromatic N) is 4. The minimum atomic E-state index is 0.890. The molecular weight excluding hydrogens is 284 g/mol. The van der Waals surface area contributed by atoms with Crippen LogP contribution in [0.2, 0.25) is 0 Å². The molecule has 2 aromatic carbocycles. The predicted octanol–water partition coefficient (Wildman–Crippen LogP) is 3.98. The van der Waals surface area contributed by atoms with Gasteiger partial charge < -0.3 is 9.13 Å². The molecule has 4 nitrogen and oxygen atoms in total. The molecule has 0 amide bonds. The second-order valence-electron chi connectivity index (χ2n) is 5.63. The number of benzene rings is 2. The van der Waals surface area contributed by atoms with Gasteiger partial charge in [0.25, 0.3) is 0 Å². The number of aryl methyl sites for hydroxylation is 2. The topological polar surface area (TPSA) is 27.7 Å². The van der Waals surface area contributed by atoms with Gasteiger partial charge >= 0.3 is 0 Å². The summed E-state index contributed by atoms with van der Waals surface area (Å²) in [6.07, 6.45) is 5.87. The first kappa shape index (κ1) is 13.6. The number of imidazole rings is 1. The van der Waals surface area contributed by atoms with E-state index in [0.717, 1.165) is 17.0 Å². The van der Waals surface area contributed by atoms with Gasteiger partial charge in [-0.05, 0) is 29.7 Å². The van der Waals surface area contributed by atoms with Gasteiger partial charge in [-0.3, -0.25) is 4.57 Å². The maximum Gasteiger partial charge on any atom is 0.214 e. The number of hydrogen-bond acceptors (Lipinski definition) is 1. The van der Waals surface area contributed by atoms with Crippen molar-refractivity contribution in [3.05, 3.63) is 73.2 Å². The van der Waals surface area contributed by atoms with Gasteiger partial charge in [0.1, 0.15) is 0 Å². The lowest BCUT2D eigenvalue weighted by Gasteiger charge is -2.13. The van der Waals surface area contributed by atoms with Gasteiger partial charge in [-0.2, -0.15) is 0 Å². The highest BCUT2D eigenvalue weighted by Crippen LogP contribution is 2.20. The minimum Gasteiger partial charge on any atom is -0.342 e. The number of fused-ring (bicyclic) bond motifs is 2. The summed E-state index contributed by atoms with van der Waals surface area (Å²) >= 11 is 0. The van der Waals surface area contributed by atoms with Crippen LogP contribution in [0.3, 0.4) is 0 Å². The molecule has 2 aromatic heterocycles. The van der Waals surface area contributed by atoms with Crippen LogP contribution in [0, 0.1) is 0 Å². The molecule has 23 heavy (non-hydrogen) atoms. The van der Waals surface area contributed by atoms with E-state index >= 15 is 0 Å². The Labute approximate surface area is 134 Å². The SMILES string of the molecule is Cn1ccnc1-n1ccc2ccccc2n(C)c2ccccc21. The first-order valence-corrected chi connectivity index (χ1v) is 7.62. The number of rotatable bonds is 1. The molecular formula is C19H18N4. The molecule has 0 bridgehead atoms. The molecule has 4 heteroatoms. The molecule has 0 spiro atoms. The molecule has 4 aromatic rings. The summed E-state index contributed by atoms with van der Waals surface area (Å²) in [7, 11) is 4.11. The van der Waals surface area contributed by atoms with Gasteiger partial charge in [0.05, 0.1) is 11.0 Å². The summed E-state index contributed by atoms with van der Waals surface area (Å²) in [6, 6.07) is 18.9. The fourth-order valence-electron chi connectivity index (χ4n) is 3.01. The summed E-state index contributed by atoms with van der Waals surface area (Å²) in [4.78, 5) is 4.51. The molecule has 2 heterocycles. The Hall–Kier alpha value is -3.01. The molecule has 0 saturated carbocycles. The van der Waals surface area contributed by atoms with Crippen molar-refractivity contribution in [2.75, 3.05) is 0 Å². The fourth-order valence-corrected chi connectivity index (χ4v) is 3.01. The van der Waals surface area contributed by atoms with Crippen molar-refractivity contribution in [1.29, 1.82) is 0 Å². The van der Waals surface area contributed by atoms with E-state index in [1.807, 2.05) is 24.0 Å². The van der Waals surface area contributed by atoms with Crippen LogP contribution < -0.4 is 0 Å². The zero-order valence-corrected chi connectivity index (χ0v) is 13.2. The van der Waals surface area contributed by atoms with Crippen LogP contribution in [-0.4, -0.2) is 18.7 Å². The van der Waals surface area contributed by atoms with E-state index in [0.29, 0.717) is 0 Å². The Morgan fingerprint density at radius 2 is 1.43 bits per heavy atom. The van der Waals surface area contributed by atoms with Gasteiger partial charge in [0, 0.05) is 38.2 Å². The van der Waals surface area contributed by atoms with Crippen LogP contribution in [0.25, 0.3) is 27.9 Å². The van der Waals surface area contributed by atoms with Crippen molar-refractivity contribution < 1.29 is 0 Å². The third kappa shape index (κ3) is 2.19. The Morgan fingerprint density at radius 3 is 2.17 bits per heavy atom. The summed E-state index contributed by atoms with van der Waals surface area (Å²) in [6.45, 7) is 0. The second kappa shape index (κ2) is 5.32. The Bertz CT molecular complexity index is 1050. The average molecular weight is 302 g/mol. The lowest BCUT2D eigenvalue weighted by molar-refractivity contribution is 0.830. The Kier molecular flexibility index (Phi) is 3.15. The number of aromatic nitrogens is 4. The summed E-state index contributed by atoms with van der Waals surface area (Å²) in [5.41, 5.74) is 3.44. The van der Waals surface area contributed by atoms with Gasteiger partial charge in [-0.15, -0.1) is 0 Å². The molecule has 114 valence electrons. The molecule has 0 unspecified atom stereocenters. The van der Waals surface area contributed by atoms with Crippen molar-refractivity contribution in [1.82, 2.24) is 18.7 Å². The van der Waals surface area contributed by atoms with Crippen LogP contribution >= 0.6 is 0 Å². The van der Waals surface area contributed by atoms with Crippen LogP contribution in [0.4, 0.5) is 0 Å². The van der Waals surface area contributed by atoms with Gasteiger partial charge in [0.2, 0.25) is 5.95 Å². The highest BCUT2D eigenvalue weighted by atomic mass is 15.2. The highest BCUT2D eigenvalue weighted by molar-refractivity contribution is 5.85. The molecule has 0 atom stereocenters. The van der Waals surface area contributed by atoms with Crippen molar-refractivity contribution in [2.24, 2.45) is 14.1 Å². The van der Waals surface area contributed by atoms with E-state index in [1.165, 1.54) is 10.9 Å². The maximum atomic E-state index is 4.51. The van der Waals surface area contributed by atoms with Crippen LogP contribution in [0.5, 0.6) is 0 Å². The Balaban J connectivity index is 2.25. The smallest absolute Gasteiger partial charge is 0.214 e. The van der Waals surface area contributed by atoms with Crippen molar-refractivity contribution in [3.8, 4) is 5.95 Å². The summed E-state index contributed by atoms with van der Waals surface area (Å²) < 4.78 is 6.38.